The Bertz CT molecular complexity index is 1480. The largest absolute Gasteiger partial charge is 0.416 e. The molecular formula is C27H15BrF3NO5. The second kappa shape index (κ2) is 7.93. The van der Waals surface area contributed by atoms with Gasteiger partial charge in [0.15, 0.2) is 0 Å². The van der Waals surface area contributed by atoms with Gasteiger partial charge in [0.05, 0.1) is 29.2 Å². The Morgan fingerprint density at radius 1 is 0.811 bits per heavy atom. The van der Waals surface area contributed by atoms with Crippen molar-refractivity contribution in [2.45, 2.75) is 17.9 Å². The predicted molar refractivity (Wildman–Crippen MR) is 127 cm³/mol. The van der Waals surface area contributed by atoms with Gasteiger partial charge < -0.3 is 4.74 Å². The molecule has 186 valence electrons. The van der Waals surface area contributed by atoms with Crippen LogP contribution in [0.5, 0.6) is 0 Å². The van der Waals surface area contributed by atoms with Gasteiger partial charge in [0.1, 0.15) is 0 Å². The Hall–Kier alpha value is -3.63. The third-order valence-corrected chi connectivity index (χ3v) is 7.68. The molecule has 3 atom stereocenters. The van der Waals surface area contributed by atoms with E-state index in [2.05, 4.69) is 15.9 Å². The van der Waals surface area contributed by atoms with E-state index in [1.165, 1.54) is 18.2 Å². The highest BCUT2D eigenvalue weighted by Gasteiger charge is 2.74. The summed E-state index contributed by atoms with van der Waals surface area (Å²) in [5.74, 6) is -6.12. The highest BCUT2D eigenvalue weighted by atomic mass is 79.9. The standard InChI is InChI=1S/C27H15BrF3NO5/c28-15-10-8-13(9-11-15)21-19-20(26(37-21)22(33)17-6-1-2-7-18(17)23(26)34)25(36)32(24(19)35)16-5-3-4-14(12-16)27(29,30)31/h1-12,19-21H/t19-,20-,21+/m0/s1. The first kappa shape index (κ1) is 23.7. The molecule has 0 bridgehead atoms. The summed E-state index contributed by atoms with van der Waals surface area (Å²) in [6, 6.07) is 16.5. The zero-order valence-electron chi connectivity index (χ0n) is 18.7. The fourth-order valence-corrected chi connectivity index (χ4v) is 5.81. The number of alkyl halides is 3. The number of ether oxygens (including phenoxy) is 1. The van der Waals surface area contributed by atoms with Gasteiger partial charge in [-0.25, -0.2) is 4.90 Å². The van der Waals surface area contributed by atoms with E-state index in [0.29, 0.717) is 16.5 Å². The van der Waals surface area contributed by atoms with Gasteiger partial charge in [0.25, 0.3) is 0 Å². The van der Waals surface area contributed by atoms with Crippen molar-refractivity contribution in [1.82, 2.24) is 0 Å². The first-order valence-electron chi connectivity index (χ1n) is 11.2. The quantitative estimate of drug-likeness (QED) is 0.314. The van der Waals surface area contributed by atoms with E-state index in [9.17, 15) is 32.3 Å². The molecule has 0 saturated carbocycles. The maximum atomic E-state index is 13.8. The number of ketones is 2. The molecule has 2 aliphatic heterocycles. The average Bonchev–Trinajstić information content (AvgIpc) is 3.44. The first-order chi connectivity index (χ1) is 17.6. The Morgan fingerprint density at radius 2 is 1.43 bits per heavy atom. The molecule has 0 aromatic heterocycles. The second-order valence-corrected chi connectivity index (χ2v) is 10.0. The first-order valence-corrected chi connectivity index (χ1v) is 12.0. The molecule has 2 saturated heterocycles. The van der Waals surface area contributed by atoms with Gasteiger partial charge >= 0.3 is 6.18 Å². The van der Waals surface area contributed by atoms with Crippen LogP contribution in [0.2, 0.25) is 0 Å². The van der Waals surface area contributed by atoms with Crippen LogP contribution in [-0.2, 0) is 20.5 Å². The number of anilines is 1. The minimum absolute atomic E-state index is 0.0699. The van der Waals surface area contributed by atoms with Crippen LogP contribution in [0, 0.1) is 11.8 Å². The summed E-state index contributed by atoms with van der Waals surface area (Å²) in [4.78, 5) is 55.6. The highest BCUT2D eigenvalue weighted by Crippen LogP contribution is 2.57. The summed E-state index contributed by atoms with van der Waals surface area (Å²) >= 11 is 3.32. The molecule has 2 heterocycles. The second-order valence-electron chi connectivity index (χ2n) is 9.09. The third-order valence-electron chi connectivity index (χ3n) is 7.15. The SMILES string of the molecule is O=C1[C@@H]2[C@@H](c3ccc(Br)cc3)OC3(C(=O)c4ccccc4C3=O)[C@@H]2C(=O)N1c1cccc(C(F)(F)F)c1. The molecule has 0 radical (unpaired) electrons. The van der Waals surface area contributed by atoms with Gasteiger partial charge in [0.2, 0.25) is 29.0 Å². The van der Waals surface area contributed by atoms with E-state index in [-0.39, 0.29) is 16.8 Å². The number of Topliss-reactive ketones (excluding diaryl/α,β-unsaturated/α-hetero) is 2. The van der Waals surface area contributed by atoms with Crippen LogP contribution < -0.4 is 4.90 Å². The number of halogens is 4. The van der Waals surface area contributed by atoms with E-state index < -0.39 is 58.7 Å². The van der Waals surface area contributed by atoms with Crippen molar-refractivity contribution in [3.63, 3.8) is 0 Å². The number of hydrogen-bond donors (Lipinski definition) is 0. The summed E-state index contributed by atoms with van der Waals surface area (Å²) in [6.45, 7) is 0. The molecule has 1 spiro atoms. The lowest BCUT2D eigenvalue weighted by atomic mass is 9.77. The number of imide groups is 1. The molecule has 3 aromatic carbocycles. The van der Waals surface area contributed by atoms with Crippen molar-refractivity contribution >= 4 is 45.0 Å². The number of nitrogens with zero attached hydrogens (tertiary/aromatic N) is 1. The fraction of sp³-hybridized carbons (Fsp3) is 0.185. The Kier molecular flexibility index (Phi) is 5.09. The molecule has 37 heavy (non-hydrogen) atoms. The Balaban J connectivity index is 1.53. The zero-order valence-corrected chi connectivity index (χ0v) is 20.2. The van der Waals surface area contributed by atoms with E-state index in [4.69, 9.17) is 4.74 Å². The minimum Gasteiger partial charge on any atom is -0.349 e. The van der Waals surface area contributed by atoms with E-state index >= 15 is 0 Å². The number of rotatable bonds is 2. The molecule has 6 nitrogen and oxygen atoms in total. The maximum absolute atomic E-state index is 13.8. The van der Waals surface area contributed by atoms with Crippen molar-refractivity contribution in [2.75, 3.05) is 4.90 Å². The van der Waals surface area contributed by atoms with Crippen LogP contribution in [0.4, 0.5) is 18.9 Å². The molecule has 10 heteroatoms. The third kappa shape index (κ3) is 3.21. The van der Waals surface area contributed by atoms with E-state index in [1.54, 1.807) is 36.4 Å². The van der Waals surface area contributed by atoms with Gasteiger partial charge in [0, 0.05) is 15.6 Å². The van der Waals surface area contributed by atoms with Crippen molar-refractivity contribution in [2.24, 2.45) is 11.8 Å². The van der Waals surface area contributed by atoms with Crippen LogP contribution in [0.15, 0.2) is 77.3 Å². The minimum atomic E-state index is -4.71. The molecule has 0 unspecified atom stereocenters. The number of hydrogen-bond acceptors (Lipinski definition) is 5. The lowest BCUT2D eigenvalue weighted by Gasteiger charge is -2.27. The molecule has 3 aromatic rings. The number of amides is 2. The molecule has 2 amide bonds. The van der Waals surface area contributed by atoms with Crippen LogP contribution in [0.3, 0.4) is 0 Å². The summed E-state index contributed by atoms with van der Waals surface area (Å²) < 4.78 is 47.0. The van der Waals surface area contributed by atoms with Crippen molar-refractivity contribution in [3.8, 4) is 0 Å². The molecule has 1 aliphatic carbocycles. The van der Waals surface area contributed by atoms with Crippen LogP contribution in [-0.4, -0.2) is 29.0 Å². The summed E-state index contributed by atoms with van der Waals surface area (Å²) in [5.41, 5.74) is -3.05. The summed E-state index contributed by atoms with van der Waals surface area (Å²) in [5, 5.41) is 0. The van der Waals surface area contributed by atoms with Gasteiger partial charge in [-0.15, -0.1) is 0 Å². The zero-order chi connectivity index (χ0) is 26.3. The highest BCUT2D eigenvalue weighted by molar-refractivity contribution is 9.10. The van der Waals surface area contributed by atoms with Gasteiger partial charge in [-0.1, -0.05) is 58.4 Å². The maximum Gasteiger partial charge on any atom is 0.416 e. The monoisotopic (exact) mass is 569 g/mol. The molecule has 2 fully saturated rings. The van der Waals surface area contributed by atoms with E-state index in [1.807, 2.05) is 0 Å². The number of carbonyl (C=O) groups is 4. The van der Waals surface area contributed by atoms with Crippen molar-refractivity contribution in [3.05, 3.63) is 99.5 Å². The molecule has 6 rings (SSSR count). The van der Waals surface area contributed by atoms with Crippen LogP contribution in [0.25, 0.3) is 0 Å². The Labute approximate surface area is 216 Å². The molecule has 3 aliphatic rings. The lowest BCUT2D eigenvalue weighted by molar-refractivity contribution is -0.137. The van der Waals surface area contributed by atoms with Gasteiger partial charge in [-0.05, 0) is 35.9 Å². The smallest absolute Gasteiger partial charge is 0.349 e. The van der Waals surface area contributed by atoms with Crippen LogP contribution in [0.1, 0.15) is 37.9 Å². The normalized spacial score (nSPS) is 24.2. The van der Waals surface area contributed by atoms with Crippen molar-refractivity contribution < 1.29 is 37.1 Å². The molecule has 0 N–H and O–H groups in total. The Morgan fingerprint density at radius 3 is 2.03 bits per heavy atom. The molecular weight excluding hydrogens is 555 g/mol. The van der Waals surface area contributed by atoms with Crippen molar-refractivity contribution in [1.29, 1.82) is 0 Å². The topological polar surface area (TPSA) is 80.8 Å². The van der Waals surface area contributed by atoms with Gasteiger partial charge in [-0.3, -0.25) is 19.2 Å². The average molecular weight is 570 g/mol. The lowest BCUT2D eigenvalue weighted by Crippen LogP contribution is -2.51. The summed E-state index contributed by atoms with van der Waals surface area (Å²) in [7, 11) is 0. The van der Waals surface area contributed by atoms with Gasteiger partial charge in [-0.2, -0.15) is 13.2 Å². The van der Waals surface area contributed by atoms with Crippen LogP contribution >= 0.6 is 15.9 Å². The summed E-state index contributed by atoms with van der Waals surface area (Å²) in [6.07, 6.45) is -5.87. The predicted octanol–water partition coefficient (Wildman–Crippen LogP) is 5.16. The fourth-order valence-electron chi connectivity index (χ4n) is 5.55. The number of benzene rings is 3. The van der Waals surface area contributed by atoms with E-state index in [0.717, 1.165) is 16.6 Å². The number of fused-ring (bicyclic) bond motifs is 3. The number of carbonyl (C=O) groups excluding carboxylic acids is 4.